The topological polar surface area (TPSA) is 21.3 Å². The van der Waals surface area contributed by atoms with Crippen LogP contribution in [-0.2, 0) is 6.42 Å². The van der Waals surface area contributed by atoms with Crippen LogP contribution in [0, 0.1) is 6.92 Å². The van der Waals surface area contributed by atoms with E-state index in [0.29, 0.717) is 6.04 Å². The summed E-state index contributed by atoms with van der Waals surface area (Å²) in [5.74, 6) is 0.966. The predicted octanol–water partition coefficient (Wildman–Crippen LogP) is 4.29. The molecule has 1 unspecified atom stereocenters. The van der Waals surface area contributed by atoms with Crippen LogP contribution in [0.15, 0.2) is 48.5 Å². The highest BCUT2D eigenvalue weighted by Crippen LogP contribution is 2.25. The standard InChI is InChI=1S/C19H25NO/c1-4-13-20-18(16-11-9-15(2)10-12-16)14-17-7-5-6-8-19(17)21-3/h5-12,18,20H,4,13-14H2,1-3H3. The number of aryl methyl sites for hydroxylation is 1. The maximum Gasteiger partial charge on any atom is 0.122 e. The van der Waals surface area contributed by atoms with E-state index < -0.39 is 0 Å². The van der Waals surface area contributed by atoms with Crippen molar-refractivity contribution in [2.45, 2.75) is 32.7 Å². The fourth-order valence-corrected chi connectivity index (χ4v) is 2.52. The van der Waals surface area contributed by atoms with Crippen LogP contribution in [0.3, 0.4) is 0 Å². The van der Waals surface area contributed by atoms with Gasteiger partial charge in [-0.15, -0.1) is 0 Å². The van der Waals surface area contributed by atoms with Gasteiger partial charge in [-0.2, -0.15) is 0 Å². The first-order valence-electron chi connectivity index (χ1n) is 7.66. The van der Waals surface area contributed by atoms with Crippen LogP contribution < -0.4 is 10.1 Å². The van der Waals surface area contributed by atoms with Crippen LogP contribution in [0.4, 0.5) is 0 Å². The Morgan fingerprint density at radius 2 is 1.76 bits per heavy atom. The van der Waals surface area contributed by atoms with Gasteiger partial charge in [0, 0.05) is 6.04 Å². The number of para-hydroxylation sites is 1. The van der Waals surface area contributed by atoms with Crippen molar-refractivity contribution in [2.75, 3.05) is 13.7 Å². The van der Waals surface area contributed by atoms with Gasteiger partial charge in [-0.05, 0) is 43.5 Å². The van der Waals surface area contributed by atoms with Crippen molar-refractivity contribution >= 4 is 0 Å². The smallest absolute Gasteiger partial charge is 0.122 e. The van der Waals surface area contributed by atoms with Gasteiger partial charge >= 0.3 is 0 Å². The largest absolute Gasteiger partial charge is 0.496 e. The molecule has 0 amide bonds. The Morgan fingerprint density at radius 3 is 2.43 bits per heavy atom. The van der Waals surface area contributed by atoms with E-state index in [1.807, 2.05) is 12.1 Å². The van der Waals surface area contributed by atoms with Gasteiger partial charge in [-0.25, -0.2) is 0 Å². The zero-order valence-electron chi connectivity index (χ0n) is 13.2. The molecule has 0 spiro atoms. The van der Waals surface area contributed by atoms with E-state index in [2.05, 4.69) is 55.6 Å². The minimum absolute atomic E-state index is 0.321. The number of hydrogen-bond acceptors (Lipinski definition) is 2. The fourth-order valence-electron chi connectivity index (χ4n) is 2.52. The monoisotopic (exact) mass is 283 g/mol. The van der Waals surface area contributed by atoms with Crippen LogP contribution in [0.5, 0.6) is 5.75 Å². The third-order valence-corrected chi connectivity index (χ3v) is 3.74. The summed E-state index contributed by atoms with van der Waals surface area (Å²) in [5.41, 5.74) is 3.87. The molecule has 0 radical (unpaired) electrons. The van der Waals surface area contributed by atoms with Gasteiger partial charge in [-0.3, -0.25) is 0 Å². The molecule has 0 aliphatic heterocycles. The Labute approximate surface area is 128 Å². The Hall–Kier alpha value is -1.80. The molecule has 0 aromatic heterocycles. The van der Waals surface area contributed by atoms with E-state index in [1.165, 1.54) is 16.7 Å². The second kappa shape index (κ2) is 7.84. The lowest BCUT2D eigenvalue weighted by Gasteiger charge is -2.20. The minimum atomic E-state index is 0.321. The fraction of sp³-hybridized carbons (Fsp3) is 0.368. The van der Waals surface area contributed by atoms with Crippen molar-refractivity contribution in [3.8, 4) is 5.75 Å². The van der Waals surface area contributed by atoms with Crippen molar-refractivity contribution in [1.29, 1.82) is 0 Å². The molecule has 0 fully saturated rings. The van der Waals surface area contributed by atoms with Gasteiger partial charge in [0.2, 0.25) is 0 Å². The molecule has 2 nitrogen and oxygen atoms in total. The van der Waals surface area contributed by atoms with Gasteiger partial charge < -0.3 is 10.1 Å². The predicted molar refractivity (Wildman–Crippen MR) is 88.9 cm³/mol. The summed E-state index contributed by atoms with van der Waals surface area (Å²) in [4.78, 5) is 0. The Kier molecular flexibility index (Phi) is 5.82. The van der Waals surface area contributed by atoms with Crippen LogP contribution in [0.2, 0.25) is 0 Å². The molecule has 0 saturated heterocycles. The Bertz CT molecular complexity index is 548. The first kappa shape index (κ1) is 15.6. The van der Waals surface area contributed by atoms with E-state index in [4.69, 9.17) is 4.74 Å². The summed E-state index contributed by atoms with van der Waals surface area (Å²) in [5, 5.41) is 3.65. The zero-order chi connectivity index (χ0) is 15.1. The highest BCUT2D eigenvalue weighted by atomic mass is 16.5. The summed E-state index contributed by atoms with van der Waals surface area (Å²) in [7, 11) is 1.74. The second-order valence-corrected chi connectivity index (χ2v) is 5.43. The van der Waals surface area contributed by atoms with E-state index in [1.54, 1.807) is 7.11 Å². The Balaban J connectivity index is 2.21. The lowest BCUT2D eigenvalue weighted by molar-refractivity contribution is 0.405. The molecule has 0 aliphatic rings. The molecular weight excluding hydrogens is 258 g/mol. The van der Waals surface area contributed by atoms with Crippen molar-refractivity contribution in [1.82, 2.24) is 5.32 Å². The van der Waals surface area contributed by atoms with Crippen molar-refractivity contribution in [3.63, 3.8) is 0 Å². The van der Waals surface area contributed by atoms with Crippen molar-refractivity contribution in [3.05, 3.63) is 65.2 Å². The molecule has 2 aromatic rings. The number of ether oxygens (including phenoxy) is 1. The Morgan fingerprint density at radius 1 is 1.05 bits per heavy atom. The van der Waals surface area contributed by atoms with Crippen LogP contribution >= 0.6 is 0 Å². The lowest BCUT2D eigenvalue weighted by Crippen LogP contribution is -2.24. The average molecular weight is 283 g/mol. The summed E-state index contributed by atoms with van der Waals surface area (Å²) in [6.07, 6.45) is 2.07. The number of rotatable bonds is 7. The highest BCUT2D eigenvalue weighted by Gasteiger charge is 2.13. The molecule has 0 heterocycles. The van der Waals surface area contributed by atoms with Crippen LogP contribution in [-0.4, -0.2) is 13.7 Å². The molecule has 2 heteroatoms. The molecule has 1 N–H and O–H groups in total. The molecule has 2 rings (SSSR count). The molecule has 2 aromatic carbocycles. The van der Waals surface area contributed by atoms with Gasteiger partial charge in [0.1, 0.15) is 5.75 Å². The minimum Gasteiger partial charge on any atom is -0.496 e. The van der Waals surface area contributed by atoms with Crippen molar-refractivity contribution < 1.29 is 4.74 Å². The van der Waals surface area contributed by atoms with Gasteiger partial charge in [0.05, 0.1) is 7.11 Å². The zero-order valence-corrected chi connectivity index (χ0v) is 13.2. The summed E-state index contributed by atoms with van der Waals surface area (Å²) in [6.45, 7) is 5.34. The molecule has 112 valence electrons. The number of hydrogen-bond donors (Lipinski definition) is 1. The highest BCUT2D eigenvalue weighted by molar-refractivity contribution is 5.35. The van der Waals surface area contributed by atoms with E-state index in [9.17, 15) is 0 Å². The maximum atomic E-state index is 5.48. The molecule has 0 saturated carbocycles. The summed E-state index contributed by atoms with van der Waals surface area (Å²) < 4.78 is 5.48. The lowest BCUT2D eigenvalue weighted by atomic mass is 9.97. The van der Waals surface area contributed by atoms with E-state index >= 15 is 0 Å². The van der Waals surface area contributed by atoms with Gasteiger partial charge in [0.15, 0.2) is 0 Å². The summed E-state index contributed by atoms with van der Waals surface area (Å²) >= 11 is 0. The first-order valence-corrected chi connectivity index (χ1v) is 7.66. The molecule has 0 bridgehead atoms. The normalized spacial score (nSPS) is 12.1. The molecule has 21 heavy (non-hydrogen) atoms. The number of nitrogens with one attached hydrogen (secondary N) is 1. The second-order valence-electron chi connectivity index (χ2n) is 5.43. The van der Waals surface area contributed by atoms with E-state index in [0.717, 1.165) is 25.1 Å². The van der Waals surface area contributed by atoms with Crippen molar-refractivity contribution in [2.24, 2.45) is 0 Å². The third kappa shape index (κ3) is 4.33. The third-order valence-electron chi connectivity index (χ3n) is 3.74. The van der Waals surface area contributed by atoms with Gasteiger partial charge in [0.25, 0.3) is 0 Å². The molecular formula is C19H25NO. The van der Waals surface area contributed by atoms with Crippen LogP contribution in [0.25, 0.3) is 0 Å². The van der Waals surface area contributed by atoms with E-state index in [-0.39, 0.29) is 0 Å². The first-order chi connectivity index (χ1) is 10.2. The average Bonchev–Trinajstić information content (AvgIpc) is 2.52. The van der Waals surface area contributed by atoms with Crippen LogP contribution in [0.1, 0.15) is 36.1 Å². The molecule has 0 aliphatic carbocycles. The summed E-state index contributed by atoms with van der Waals surface area (Å²) in [6, 6.07) is 17.4. The SMILES string of the molecule is CCCNC(Cc1ccccc1OC)c1ccc(C)cc1. The number of methoxy groups -OCH3 is 1. The maximum absolute atomic E-state index is 5.48. The number of benzene rings is 2. The quantitative estimate of drug-likeness (QED) is 0.818. The molecule has 1 atom stereocenters. The van der Waals surface area contributed by atoms with Gasteiger partial charge in [-0.1, -0.05) is 55.0 Å².